The van der Waals surface area contributed by atoms with Crippen LogP contribution in [0.5, 0.6) is 0 Å². The van der Waals surface area contributed by atoms with Gasteiger partial charge in [-0.05, 0) is 255 Å². The standard InChI is InChI=1S/C33H34N2O2.C27H20Cl2N2.C27H22N2O2.C13H14N2.C7H5ClO/c1-24(2)36-32(28-11-7-5-8-12-28)34-30-19-15-26(16-20-30)23-27-17-21-31(22-18-27)35-33(37-25(3)4)29-13-9-6-10-14-29;28-26(22-7-3-1-4-8-22)30-24-15-11-20(12-16-24)19-21-13-17-25(18-14-21)31-27(29)23-9-5-2-6-10-23;30-26(22-7-3-1-4-8-22)28-24-15-11-20(12-16-24)19-21-13-17-25(18-14-21)29-27(31)23-9-5-2-6-10-23;14-12-5-1-10(2-6-12)9-11-3-7-13(15)8-4-11;8-7(9)6-4-2-1-3-5-6/h5-22,24-25H,23H2,1-4H3;1-18H,19H2;1-18H,19H2,(H,28,30)(H,29,31);1-8H,9,14-15H2;1-5H. The maximum Gasteiger partial charge on any atom is 0.255 e. The van der Waals surface area contributed by atoms with Gasteiger partial charge >= 0.3 is 0 Å². The monoisotopic (exact) mass is 1680 g/mol. The number of nitrogens with zero attached hydrogens (tertiary/aromatic N) is 4. The highest BCUT2D eigenvalue weighted by Crippen LogP contribution is 2.26. The number of nitrogens with two attached hydrogens (primary N) is 2. The zero-order valence-electron chi connectivity index (χ0n) is 68.8. The fourth-order valence-corrected chi connectivity index (χ4v) is 12.8. The number of nitrogens with one attached hydrogen (secondary N) is 2. The maximum atomic E-state index is 12.2. The van der Waals surface area contributed by atoms with Crippen molar-refractivity contribution >= 4 is 119 Å². The molecule has 15 aromatic carbocycles. The Bertz CT molecular complexity index is 5540. The van der Waals surface area contributed by atoms with Crippen LogP contribution in [-0.4, -0.2) is 51.4 Å². The van der Waals surface area contributed by atoms with E-state index in [1.807, 2.05) is 337 Å². The largest absolute Gasteiger partial charge is 0.475 e. The number of carbonyl (C=O) groups excluding carboxylic acids is 3. The summed E-state index contributed by atoms with van der Waals surface area (Å²) in [5.41, 5.74) is 33.0. The lowest BCUT2D eigenvalue weighted by Crippen LogP contribution is -2.12. The van der Waals surface area contributed by atoms with Crippen molar-refractivity contribution in [1.29, 1.82) is 0 Å². The Morgan fingerprint density at radius 2 is 0.463 bits per heavy atom. The zero-order chi connectivity index (χ0) is 86.3. The van der Waals surface area contributed by atoms with Gasteiger partial charge in [0.15, 0.2) is 0 Å². The Balaban J connectivity index is 0.000000159. The van der Waals surface area contributed by atoms with Crippen molar-refractivity contribution in [3.8, 4) is 0 Å². The highest BCUT2D eigenvalue weighted by atomic mass is 35.5. The molecule has 0 aliphatic carbocycles. The molecule has 0 saturated carbocycles. The number of rotatable bonds is 23. The first kappa shape index (κ1) is 89.4. The van der Waals surface area contributed by atoms with Crippen LogP contribution in [0.2, 0.25) is 0 Å². The molecule has 0 aliphatic rings. The summed E-state index contributed by atoms with van der Waals surface area (Å²) in [6.45, 7) is 8.05. The molecule has 0 radical (unpaired) electrons. The Morgan fingerprint density at radius 1 is 0.260 bits per heavy atom. The summed E-state index contributed by atoms with van der Waals surface area (Å²) in [6, 6.07) is 131. The first-order valence-corrected chi connectivity index (χ1v) is 41.4. The molecule has 13 nitrogen and oxygen atoms in total. The SMILES string of the molecule is CC(C)OC(=Nc1ccc(Cc2ccc(N=C(OC(C)C)c3ccccc3)cc2)cc1)c1ccccc1.ClC(=Nc1ccc(Cc2ccc(N=C(Cl)c3ccccc3)cc2)cc1)c1ccccc1.Nc1ccc(Cc2ccc(N)cc2)cc1.O=C(Cl)c1ccccc1.O=C(Nc1ccc(Cc2ccc(NC(=O)c3ccccc3)cc2)cc1)c1ccccc1. The van der Waals surface area contributed by atoms with Crippen molar-refractivity contribution < 1.29 is 23.9 Å². The van der Waals surface area contributed by atoms with Gasteiger partial charge in [0.25, 0.3) is 17.1 Å². The van der Waals surface area contributed by atoms with E-state index in [4.69, 9.17) is 65.7 Å². The van der Waals surface area contributed by atoms with Gasteiger partial charge in [-0.25, -0.2) is 20.0 Å². The summed E-state index contributed by atoms with van der Waals surface area (Å²) in [7, 11) is 0. The number of ether oxygens (including phenoxy) is 2. The highest BCUT2D eigenvalue weighted by Gasteiger charge is 2.13. The van der Waals surface area contributed by atoms with Crippen molar-refractivity contribution in [2.24, 2.45) is 20.0 Å². The molecule has 0 fully saturated rings. The van der Waals surface area contributed by atoms with Crippen molar-refractivity contribution in [1.82, 2.24) is 0 Å². The highest BCUT2D eigenvalue weighted by molar-refractivity contribution is 6.70. The molecule has 15 aromatic rings. The topological polar surface area (TPSA) is 195 Å². The van der Waals surface area contributed by atoms with E-state index in [9.17, 15) is 14.4 Å². The van der Waals surface area contributed by atoms with E-state index in [-0.39, 0.29) is 24.0 Å². The van der Waals surface area contributed by atoms with Gasteiger partial charge in [0.05, 0.1) is 35.0 Å². The van der Waals surface area contributed by atoms with Crippen LogP contribution in [0.15, 0.2) is 426 Å². The second-order valence-electron chi connectivity index (χ2n) is 29.0. The number of aliphatic imine (C=N–C) groups is 4. The molecule has 0 heterocycles. The molecule has 0 unspecified atom stereocenters. The molecule has 6 N–H and O–H groups in total. The van der Waals surface area contributed by atoms with Crippen LogP contribution in [0.3, 0.4) is 0 Å². The van der Waals surface area contributed by atoms with Gasteiger partial charge in [-0.2, -0.15) is 0 Å². The van der Waals surface area contributed by atoms with Gasteiger partial charge in [-0.1, -0.05) is 284 Å². The number of halogens is 3. The predicted octanol–water partition coefficient (Wildman–Crippen LogP) is 26.5. The molecule has 0 spiro atoms. The molecule has 614 valence electrons. The van der Waals surface area contributed by atoms with Gasteiger partial charge < -0.3 is 31.6 Å². The lowest BCUT2D eigenvalue weighted by molar-refractivity contribution is 0.101. The lowest BCUT2D eigenvalue weighted by Gasteiger charge is -2.13. The molecule has 2 amide bonds. The zero-order valence-corrected chi connectivity index (χ0v) is 71.1. The van der Waals surface area contributed by atoms with Crippen LogP contribution in [0.1, 0.15) is 126 Å². The molecule has 0 bridgehead atoms. The minimum absolute atomic E-state index is 0.0474. The van der Waals surface area contributed by atoms with Crippen molar-refractivity contribution in [3.63, 3.8) is 0 Å². The van der Waals surface area contributed by atoms with Crippen LogP contribution in [0, 0.1) is 0 Å². The normalized spacial score (nSPS) is 11.2. The van der Waals surface area contributed by atoms with Crippen LogP contribution < -0.4 is 22.1 Å². The minimum atomic E-state index is -0.407. The van der Waals surface area contributed by atoms with E-state index in [0.717, 1.165) is 105 Å². The molecule has 0 atom stereocenters. The van der Waals surface area contributed by atoms with Gasteiger partial charge in [0, 0.05) is 61.7 Å². The number of amides is 2. The number of nitrogen functional groups attached to an aromatic ring is 2. The second-order valence-corrected chi connectivity index (χ2v) is 30.0. The van der Waals surface area contributed by atoms with E-state index in [1.165, 1.54) is 33.4 Å². The Labute approximate surface area is 735 Å². The summed E-state index contributed by atoms with van der Waals surface area (Å²) in [5, 5.41) is 6.38. The van der Waals surface area contributed by atoms with Crippen LogP contribution in [-0.2, 0) is 35.2 Å². The number of hydrogen-bond donors (Lipinski definition) is 4. The Morgan fingerprint density at radius 3 is 0.691 bits per heavy atom. The fraction of sp³-hybridized carbons (Fsp3) is 0.0935. The van der Waals surface area contributed by atoms with E-state index in [0.29, 0.717) is 38.8 Å². The van der Waals surface area contributed by atoms with Gasteiger partial charge in [0.1, 0.15) is 10.3 Å². The molecule has 16 heteroatoms. The number of anilines is 4. The van der Waals surface area contributed by atoms with Gasteiger partial charge in [-0.15, -0.1) is 0 Å². The van der Waals surface area contributed by atoms with E-state index in [2.05, 4.69) is 69.1 Å². The molecule has 123 heavy (non-hydrogen) atoms. The summed E-state index contributed by atoms with van der Waals surface area (Å²) >= 11 is 17.8. The molecular formula is C107H95Cl3N8O5. The van der Waals surface area contributed by atoms with Crippen LogP contribution in [0.4, 0.5) is 45.5 Å². The second kappa shape index (κ2) is 47.5. The third-order valence-corrected chi connectivity index (χ3v) is 19.3. The van der Waals surface area contributed by atoms with Crippen molar-refractivity contribution in [3.05, 3.63) is 490 Å². The van der Waals surface area contributed by atoms with E-state index in [1.54, 1.807) is 48.5 Å². The minimum Gasteiger partial charge on any atom is -0.475 e. The average Bonchev–Trinajstić information content (AvgIpc) is 0.865. The number of benzene rings is 15. The van der Waals surface area contributed by atoms with Crippen LogP contribution in [0.25, 0.3) is 0 Å². The van der Waals surface area contributed by atoms with Crippen molar-refractivity contribution in [2.45, 2.75) is 65.6 Å². The molecule has 15 rings (SSSR count). The Hall–Kier alpha value is -14.3. The van der Waals surface area contributed by atoms with E-state index < -0.39 is 5.24 Å². The summed E-state index contributed by atoms with van der Waals surface area (Å²) in [5.74, 6) is 1.02. The predicted molar refractivity (Wildman–Crippen MR) is 512 cm³/mol. The summed E-state index contributed by atoms with van der Waals surface area (Å²) < 4.78 is 12.0. The van der Waals surface area contributed by atoms with Crippen molar-refractivity contribution in [2.75, 3.05) is 22.1 Å². The first-order valence-electron chi connectivity index (χ1n) is 40.3. The smallest absolute Gasteiger partial charge is 0.255 e. The van der Waals surface area contributed by atoms with E-state index >= 15 is 0 Å². The number of hydrogen-bond acceptors (Lipinski definition) is 11. The number of carbonyl (C=O) groups is 3. The summed E-state index contributed by atoms with van der Waals surface area (Å²) in [6.07, 6.45) is 3.43. The fourth-order valence-electron chi connectivity index (χ4n) is 12.2. The van der Waals surface area contributed by atoms with Crippen LogP contribution >= 0.6 is 34.8 Å². The third-order valence-electron chi connectivity index (χ3n) is 18.5. The molecule has 0 saturated heterocycles. The first-order chi connectivity index (χ1) is 59.8. The lowest BCUT2D eigenvalue weighted by atomic mass is 10.0. The Kier molecular flexibility index (Phi) is 34.5. The maximum absolute atomic E-state index is 12.2. The molecular weight excluding hydrogens is 1580 g/mol. The quantitative estimate of drug-likeness (QED) is 0.0212. The van der Waals surface area contributed by atoms with Gasteiger partial charge in [-0.3, -0.25) is 14.4 Å². The van der Waals surface area contributed by atoms with Gasteiger partial charge in [0.2, 0.25) is 11.8 Å². The molecule has 0 aromatic heterocycles. The summed E-state index contributed by atoms with van der Waals surface area (Å²) in [4.78, 5) is 53.4. The molecule has 0 aliphatic heterocycles. The third kappa shape index (κ3) is 30.8. The average molecular weight is 1680 g/mol.